The van der Waals surface area contributed by atoms with Crippen molar-refractivity contribution in [3.63, 3.8) is 0 Å². The van der Waals surface area contributed by atoms with Crippen molar-refractivity contribution in [2.75, 3.05) is 7.11 Å². The first kappa shape index (κ1) is 17.5. The molecule has 3 unspecified atom stereocenters. The van der Waals surface area contributed by atoms with Crippen molar-refractivity contribution in [2.45, 2.75) is 38.3 Å². The molecule has 0 heterocycles. The number of carbonyl (C=O) groups is 1. The quantitative estimate of drug-likeness (QED) is 0.850. The zero-order chi connectivity index (χ0) is 17.8. The molecule has 3 rings (SSSR count). The topological polar surface area (TPSA) is 58.6 Å². The molecule has 4 nitrogen and oxygen atoms in total. The minimum Gasteiger partial charge on any atom is -0.496 e. The van der Waals surface area contributed by atoms with E-state index in [9.17, 15) is 9.90 Å². The van der Waals surface area contributed by atoms with E-state index in [0.717, 1.165) is 28.9 Å². The summed E-state index contributed by atoms with van der Waals surface area (Å²) in [5.41, 5.74) is 3.25. The van der Waals surface area contributed by atoms with E-state index in [4.69, 9.17) is 4.74 Å². The molecule has 0 saturated heterocycles. The van der Waals surface area contributed by atoms with E-state index in [1.54, 1.807) is 7.11 Å². The molecular weight excluding hydrogens is 314 g/mol. The van der Waals surface area contributed by atoms with Crippen LogP contribution in [-0.4, -0.2) is 24.2 Å². The van der Waals surface area contributed by atoms with Gasteiger partial charge in [-0.05, 0) is 35.1 Å². The lowest BCUT2D eigenvalue weighted by Gasteiger charge is -2.20. The number of amides is 1. The van der Waals surface area contributed by atoms with Crippen molar-refractivity contribution in [3.8, 4) is 5.75 Å². The van der Waals surface area contributed by atoms with Crippen LogP contribution in [0.3, 0.4) is 0 Å². The first-order valence-corrected chi connectivity index (χ1v) is 8.75. The van der Waals surface area contributed by atoms with E-state index < -0.39 is 6.10 Å². The molecule has 1 amide bonds. The largest absolute Gasteiger partial charge is 0.496 e. The molecule has 132 valence electrons. The Morgan fingerprint density at radius 3 is 2.76 bits per heavy atom. The van der Waals surface area contributed by atoms with Crippen LogP contribution in [-0.2, 0) is 17.6 Å². The Morgan fingerprint density at radius 1 is 1.24 bits per heavy atom. The maximum Gasteiger partial charge on any atom is 0.220 e. The van der Waals surface area contributed by atoms with Crippen molar-refractivity contribution in [1.82, 2.24) is 5.32 Å². The Kier molecular flexibility index (Phi) is 5.39. The fourth-order valence-electron chi connectivity index (χ4n) is 3.62. The van der Waals surface area contributed by atoms with Gasteiger partial charge in [-0.15, -0.1) is 0 Å². The van der Waals surface area contributed by atoms with Gasteiger partial charge in [-0.2, -0.15) is 0 Å². The van der Waals surface area contributed by atoms with E-state index in [-0.39, 0.29) is 17.9 Å². The molecule has 1 aliphatic rings. The monoisotopic (exact) mass is 339 g/mol. The first-order chi connectivity index (χ1) is 12.1. The van der Waals surface area contributed by atoms with Gasteiger partial charge in [-0.1, -0.05) is 49.4 Å². The molecule has 0 aliphatic heterocycles. The number of rotatable bonds is 6. The van der Waals surface area contributed by atoms with Crippen molar-refractivity contribution in [2.24, 2.45) is 5.92 Å². The second-order valence-electron chi connectivity index (χ2n) is 6.84. The molecule has 0 fully saturated rings. The Morgan fingerprint density at radius 2 is 1.96 bits per heavy atom. The van der Waals surface area contributed by atoms with Gasteiger partial charge in [-0.3, -0.25) is 4.79 Å². The number of ether oxygens (including phenoxy) is 1. The summed E-state index contributed by atoms with van der Waals surface area (Å²) in [7, 11) is 1.66. The van der Waals surface area contributed by atoms with E-state index in [0.29, 0.717) is 12.8 Å². The smallest absolute Gasteiger partial charge is 0.220 e. The summed E-state index contributed by atoms with van der Waals surface area (Å²) < 4.78 is 5.38. The molecule has 2 N–H and O–H groups in total. The maximum absolute atomic E-state index is 12.5. The van der Waals surface area contributed by atoms with Crippen LogP contribution in [0.15, 0.2) is 48.5 Å². The number of para-hydroxylation sites is 1. The number of nitrogens with one attached hydrogen (secondary N) is 1. The molecule has 0 spiro atoms. The predicted octanol–water partition coefficient (Wildman–Crippen LogP) is 3.04. The molecule has 0 radical (unpaired) electrons. The maximum atomic E-state index is 12.5. The zero-order valence-electron chi connectivity index (χ0n) is 14.7. The highest BCUT2D eigenvalue weighted by Gasteiger charge is 2.31. The minimum atomic E-state index is -0.550. The van der Waals surface area contributed by atoms with E-state index in [2.05, 4.69) is 12.2 Å². The zero-order valence-corrected chi connectivity index (χ0v) is 14.7. The SMILES string of the molecule is COc1ccccc1CC(C)CC(=O)NC1c2ccccc2CC1O. The Hall–Kier alpha value is -2.33. The molecule has 2 aromatic rings. The van der Waals surface area contributed by atoms with Crippen molar-refractivity contribution in [3.05, 3.63) is 65.2 Å². The molecule has 4 heteroatoms. The van der Waals surface area contributed by atoms with Gasteiger partial charge in [0.25, 0.3) is 0 Å². The van der Waals surface area contributed by atoms with Gasteiger partial charge in [0.1, 0.15) is 5.75 Å². The third-order valence-corrected chi connectivity index (χ3v) is 4.82. The third kappa shape index (κ3) is 4.02. The van der Waals surface area contributed by atoms with Gasteiger partial charge in [-0.25, -0.2) is 0 Å². The average Bonchev–Trinajstić information content (AvgIpc) is 2.91. The summed E-state index contributed by atoms with van der Waals surface area (Å²) in [6.07, 6.45) is 1.24. The predicted molar refractivity (Wildman–Crippen MR) is 97.5 cm³/mol. The van der Waals surface area contributed by atoms with E-state index in [1.807, 2.05) is 48.5 Å². The first-order valence-electron chi connectivity index (χ1n) is 8.75. The molecule has 0 aromatic heterocycles. The van der Waals surface area contributed by atoms with Crippen molar-refractivity contribution in [1.29, 1.82) is 0 Å². The number of hydrogen-bond donors (Lipinski definition) is 2. The molecule has 3 atom stereocenters. The van der Waals surface area contributed by atoms with Gasteiger partial charge in [0.2, 0.25) is 5.91 Å². The van der Waals surface area contributed by atoms with Gasteiger partial charge in [0.15, 0.2) is 0 Å². The molecular formula is C21H25NO3. The van der Waals surface area contributed by atoms with Gasteiger partial charge < -0.3 is 15.2 Å². The summed E-state index contributed by atoms with van der Waals surface area (Å²) in [6.45, 7) is 2.06. The highest BCUT2D eigenvalue weighted by atomic mass is 16.5. The highest BCUT2D eigenvalue weighted by molar-refractivity contribution is 5.77. The summed E-state index contributed by atoms with van der Waals surface area (Å²) in [5, 5.41) is 13.3. The Bertz CT molecular complexity index is 743. The Balaban J connectivity index is 1.59. The second-order valence-corrected chi connectivity index (χ2v) is 6.84. The van der Waals surface area contributed by atoms with Gasteiger partial charge in [0.05, 0.1) is 19.3 Å². The lowest BCUT2D eigenvalue weighted by molar-refractivity contribution is -0.123. The van der Waals surface area contributed by atoms with Gasteiger partial charge in [0, 0.05) is 12.8 Å². The van der Waals surface area contributed by atoms with Crippen LogP contribution in [0.2, 0.25) is 0 Å². The number of carbonyl (C=O) groups excluding carboxylic acids is 1. The van der Waals surface area contributed by atoms with Crippen LogP contribution in [0.25, 0.3) is 0 Å². The summed E-state index contributed by atoms with van der Waals surface area (Å²) >= 11 is 0. The number of fused-ring (bicyclic) bond motifs is 1. The highest BCUT2D eigenvalue weighted by Crippen LogP contribution is 2.31. The summed E-state index contributed by atoms with van der Waals surface area (Å²) in [6, 6.07) is 15.5. The third-order valence-electron chi connectivity index (χ3n) is 4.82. The lowest BCUT2D eigenvalue weighted by atomic mass is 9.96. The second kappa shape index (κ2) is 7.70. The van der Waals surface area contributed by atoms with Crippen LogP contribution in [0.4, 0.5) is 0 Å². The number of methoxy groups -OCH3 is 1. The Labute approximate surface area is 148 Å². The minimum absolute atomic E-state index is 0.0249. The average molecular weight is 339 g/mol. The van der Waals surface area contributed by atoms with Gasteiger partial charge >= 0.3 is 0 Å². The fourth-order valence-corrected chi connectivity index (χ4v) is 3.62. The molecule has 1 aliphatic carbocycles. The van der Waals surface area contributed by atoms with Crippen LogP contribution >= 0.6 is 0 Å². The van der Waals surface area contributed by atoms with E-state index >= 15 is 0 Å². The van der Waals surface area contributed by atoms with Crippen molar-refractivity contribution >= 4 is 5.91 Å². The number of benzene rings is 2. The molecule has 2 aromatic carbocycles. The van der Waals surface area contributed by atoms with Crippen LogP contribution < -0.4 is 10.1 Å². The standard InChI is InChI=1S/C21H25NO3/c1-14(11-16-8-4-6-10-19(16)25-2)12-20(24)22-21-17-9-5-3-7-15(17)13-18(21)23/h3-10,14,18,21,23H,11-13H2,1-2H3,(H,22,24). The fraction of sp³-hybridized carbons (Fsp3) is 0.381. The van der Waals surface area contributed by atoms with Crippen molar-refractivity contribution < 1.29 is 14.6 Å². The van der Waals surface area contributed by atoms with E-state index in [1.165, 1.54) is 0 Å². The van der Waals surface area contributed by atoms with Crippen LogP contribution in [0, 0.1) is 5.92 Å². The summed E-state index contributed by atoms with van der Waals surface area (Å²) in [4.78, 5) is 12.5. The molecule has 0 saturated carbocycles. The number of aliphatic hydroxyl groups excluding tert-OH is 1. The lowest BCUT2D eigenvalue weighted by Crippen LogP contribution is -2.34. The molecule has 0 bridgehead atoms. The number of aliphatic hydroxyl groups is 1. The normalized spacial score (nSPS) is 20.0. The molecule has 25 heavy (non-hydrogen) atoms. The van der Waals surface area contributed by atoms with Crippen LogP contribution in [0.1, 0.15) is 36.1 Å². The number of hydrogen-bond acceptors (Lipinski definition) is 3. The van der Waals surface area contributed by atoms with Crippen LogP contribution in [0.5, 0.6) is 5.75 Å². The summed E-state index contributed by atoms with van der Waals surface area (Å²) in [5.74, 6) is 1.02.